The predicted octanol–water partition coefficient (Wildman–Crippen LogP) is 1.86. The summed E-state index contributed by atoms with van der Waals surface area (Å²) >= 11 is 0. The van der Waals surface area contributed by atoms with Crippen LogP contribution in [-0.4, -0.2) is 53.2 Å². The number of carbonyl (C=O) groups is 1. The van der Waals surface area contributed by atoms with Crippen LogP contribution in [0.15, 0.2) is 0 Å². The van der Waals surface area contributed by atoms with Gasteiger partial charge in [0.1, 0.15) is 0 Å². The largest absolute Gasteiger partial charge is 0.465 e. The first-order chi connectivity index (χ1) is 7.19. The van der Waals surface area contributed by atoms with E-state index in [0.717, 1.165) is 25.9 Å². The fourth-order valence-electron chi connectivity index (χ4n) is 2.31. The lowest BCUT2D eigenvalue weighted by Gasteiger charge is -2.37. The van der Waals surface area contributed by atoms with Gasteiger partial charge in [0.25, 0.3) is 0 Å². The number of nitrogens with zero attached hydrogens (tertiary/aromatic N) is 2. The molecule has 15 heavy (non-hydrogen) atoms. The van der Waals surface area contributed by atoms with Gasteiger partial charge in [-0.25, -0.2) is 4.79 Å². The Morgan fingerprint density at radius 1 is 1.40 bits per heavy atom. The summed E-state index contributed by atoms with van der Waals surface area (Å²) in [4.78, 5) is 14.7. The molecular formula is C11H22N2O2. The number of hydrogen-bond donors (Lipinski definition) is 1. The zero-order chi connectivity index (χ0) is 11.3. The van der Waals surface area contributed by atoms with Crippen LogP contribution >= 0.6 is 0 Å². The SMILES string of the molecule is CCCN(CC)C1CCN(C(=O)O)CC1. The topological polar surface area (TPSA) is 43.8 Å². The van der Waals surface area contributed by atoms with Crippen molar-refractivity contribution in [3.05, 3.63) is 0 Å². The molecule has 0 aromatic heterocycles. The summed E-state index contributed by atoms with van der Waals surface area (Å²) in [5, 5.41) is 8.84. The Hall–Kier alpha value is -0.770. The van der Waals surface area contributed by atoms with Crippen LogP contribution in [-0.2, 0) is 0 Å². The highest BCUT2D eigenvalue weighted by molar-refractivity contribution is 5.65. The lowest BCUT2D eigenvalue weighted by atomic mass is 10.0. The lowest BCUT2D eigenvalue weighted by molar-refractivity contribution is 0.0972. The molecule has 1 aliphatic rings. The van der Waals surface area contributed by atoms with Crippen molar-refractivity contribution in [2.24, 2.45) is 0 Å². The van der Waals surface area contributed by atoms with E-state index in [9.17, 15) is 4.79 Å². The Morgan fingerprint density at radius 3 is 2.40 bits per heavy atom. The van der Waals surface area contributed by atoms with Crippen molar-refractivity contribution < 1.29 is 9.90 Å². The van der Waals surface area contributed by atoms with Gasteiger partial charge in [-0.15, -0.1) is 0 Å². The van der Waals surface area contributed by atoms with E-state index < -0.39 is 6.09 Å². The number of rotatable bonds is 4. The first kappa shape index (κ1) is 12.3. The molecule has 88 valence electrons. The van der Waals surface area contributed by atoms with Crippen LogP contribution in [0, 0.1) is 0 Å². The first-order valence-electron chi connectivity index (χ1n) is 5.91. The van der Waals surface area contributed by atoms with Crippen molar-refractivity contribution in [1.82, 2.24) is 9.80 Å². The van der Waals surface area contributed by atoms with Crippen LogP contribution in [0.3, 0.4) is 0 Å². The minimum Gasteiger partial charge on any atom is -0.465 e. The number of likely N-dealkylation sites (tertiary alicyclic amines) is 1. The maximum Gasteiger partial charge on any atom is 0.407 e. The van der Waals surface area contributed by atoms with Crippen molar-refractivity contribution in [3.63, 3.8) is 0 Å². The summed E-state index contributed by atoms with van der Waals surface area (Å²) in [7, 11) is 0. The third-order valence-corrected chi connectivity index (χ3v) is 3.17. The fourth-order valence-corrected chi connectivity index (χ4v) is 2.31. The zero-order valence-corrected chi connectivity index (χ0v) is 9.78. The van der Waals surface area contributed by atoms with Gasteiger partial charge in [0.2, 0.25) is 0 Å². The van der Waals surface area contributed by atoms with Crippen LogP contribution in [0.5, 0.6) is 0 Å². The van der Waals surface area contributed by atoms with E-state index in [-0.39, 0.29) is 0 Å². The maximum absolute atomic E-state index is 10.7. The maximum atomic E-state index is 10.7. The Balaban J connectivity index is 2.38. The van der Waals surface area contributed by atoms with Gasteiger partial charge in [0, 0.05) is 19.1 Å². The van der Waals surface area contributed by atoms with Crippen molar-refractivity contribution in [1.29, 1.82) is 0 Å². The molecule has 0 saturated carbocycles. The summed E-state index contributed by atoms with van der Waals surface area (Å²) < 4.78 is 0. The summed E-state index contributed by atoms with van der Waals surface area (Å²) in [5.41, 5.74) is 0. The predicted molar refractivity (Wildman–Crippen MR) is 60.2 cm³/mol. The van der Waals surface area contributed by atoms with E-state index in [1.54, 1.807) is 0 Å². The molecule has 0 bridgehead atoms. The monoisotopic (exact) mass is 214 g/mol. The standard InChI is InChI=1S/C11H22N2O2/c1-3-7-12(4-2)10-5-8-13(9-6-10)11(14)15/h10H,3-9H2,1-2H3,(H,14,15). The molecule has 1 aliphatic heterocycles. The van der Waals surface area contributed by atoms with E-state index in [1.807, 2.05) is 0 Å². The minimum absolute atomic E-state index is 0.588. The molecule has 1 saturated heterocycles. The summed E-state index contributed by atoms with van der Waals surface area (Å²) in [6.45, 7) is 7.97. The van der Waals surface area contributed by atoms with Gasteiger partial charge < -0.3 is 14.9 Å². The average molecular weight is 214 g/mol. The Morgan fingerprint density at radius 2 is 2.00 bits per heavy atom. The highest BCUT2D eigenvalue weighted by atomic mass is 16.4. The number of amides is 1. The van der Waals surface area contributed by atoms with Gasteiger partial charge in [0.05, 0.1) is 0 Å². The molecule has 4 heteroatoms. The Kier molecular flexibility index (Phi) is 4.88. The smallest absolute Gasteiger partial charge is 0.407 e. The molecule has 0 aromatic carbocycles. The van der Waals surface area contributed by atoms with E-state index in [2.05, 4.69) is 18.7 Å². The van der Waals surface area contributed by atoms with Gasteiger partial charge in [-0.3, -0.25) is 0 Å². The van der Waals surface area contributed by atoms with E-state index in [0.29, 0.717) is 19.1 Å². The van der Waals surface area contributed by atoms with E-state index in [1.165, 1.54) is 11.3 Å². The normalized spacial score (nSPS) is 18.5. The average Bonchev–Trinajstić information content (AvgIpc) is 2.26. The molecule has 1 amide bonds. The highest BCUT2D eigenvalue weighted by Crippen LogP contribution is 2.16. The molecule has 1 heterocycles. The quantitative estimate of drug-likeness (QED) is 0.777. The van der Waals surface area contributed by atoms with Crippen LogP contribution in [0.25, 0.3) is 0 Å². The third kappa shape index (κ3) is 3.38. The van der Waals surface area contributed by atoms with Gasteiger partial charge >= 0.3 is 6.09 Å². The third-order valence-electron chi connectivity index (χ3n) is 3.17. The second-order valence-corrected chi connectivity index (χ2v) is 4.13. The number of carboxylic acid groups (broad SMARTS) is 1. The van der Waals surface area contributed by atoms with Crippen LogP contribution < -0.4 is 0 Å². The van der Waals surface area contributed by atoms with Crippen LogP contribution in [0.1, 0.15) is 33.1 Å². The molecule has 0 unspecified atom stereocenters. The molecule has 0 aromatic rings. The Labute approximate surface area is 91.9 Å². The van der Waals surface area contributed by atoms with Gasteiger partial charge in [0.15, 0.2) is 0 Å². The highest BCUT2D eigenvalue weighted by Gasteiger charge is 2.25. The second kappa shape index (κ2) is 5.95. The van der Waals surface area contributed by atoms with Crippen molar-refractivity contribution in [2.45, 2.75) is 39.2 Å². The van der Waals surface area contributed by atoms with Crippen LogP contribution in [0.2, 0.25) is 0 Å². The summed E-state index contributed by atoms with van der Waals surface area (Å²) in [6.07, 6.45) is 2.37. The summed E-state index contributed by atoms with van der Waals surface area (Å²) in [6, 6.07) is 0.588. The van der Waals surface area contributed by atoms with Crippen LogP contribution in [0.4, 0.5) is 4.79 Å². The molecular weight excluding hydrogens is 192 g/mol. The van der Waals surface area contributed by atoms with E-state index >= 15 is 0 Å². The number of hydrogen-bond acceptors (Lipinski definition) is 2. The number of piperidine rings is 1. The van der Waals surface area contributed by atoms with Crippen molar-refractivity contribution in [2.75, 3.05) is 26.2 Å². The summed E-state index contributed by atoms with van der Waals surface area (Å²) in [5.74, 6) is 0. The minimum atomic E-state index is -0.771. The zero-order valence-electron chi connectivity index (χ0n) is 9.78. The second-order valence-electron chi connectivity index (χ2n) is 4.13. The fraction of sp³-hybridized carbons (Fsp3) is 0.909. The van der Waals surface area contributed by atoms with Crippen molar-refractivity contribution in [3.8, 4) is 0 Å². The van der Waals surface area contributed by atoms with E-state index in [4.69, 9.17) is 5.11 Å². The molecule has 0 radical (unpaired) electrons. The molecule has 0 atom stereocenters. The molecule has 4 nitrogen and oxygen atoms in total. The molecule has 0 aliphatic carbocycles. The lowest BCUT2D eigenvalue weighted by Crippen LogP contribution is -2.46. The molecule has 0 spiro atoms. The molecule has 1 fully saturated rings. The van der Waals surface area contributed by atoms with Gasteiger partial charge in [-0.05, 0) is 32.4 Å². The first-order valence-corrected chi connectivity index (χ1v) is 5.91. The Bertz CT molecular complexity index is 201. The van der Waals surface area contributed by atoms with Gasteiger partial charge in [-0.2, -0.15) is 0 Å². The van der Waals surface area contributed by atoms with Crippen molar-refractivity contribution >= 4 is 6.09 Å². The molecule has 1 rings (SSSR count). The van der Waals surface area contributed by atoms with Gasteiger partial charge in [-0.1, -0.05) is 13.8 Å². The molecule has 1 N–H and O–H groups in total.